The zero-order valence-corrected chi connectivity index (χ0v) is 11.7. The smallest absolute Gasteiger partial charge is 0.443 e. The summed E-state index contributed by atoms with van der Waals surface area (Å²) in [6.07, 6.45) is -3.14. The van der Waals surface area contributed by atoms with E-state index in [1.54, 1.807) is 26.3 Å². The number of aromatic nitrogens is 1. The van der Waals surface area contributed by atoms with Gasteiger partial charge in [0.05, 0.1) is 13.2 Å². The van der Waals surface area contributed by atoms with Gasteiger partial charge in [-0.15, -0.1) is 11.3 Å². The number of nitrogens with one attached hydrogen (secondary N) is 1. The van der Waals surface area contributed by atoms with Crippen LogP contribution in [-0.2, 0) is 6.18 Å². The minimum Gasteiger partial charge on any atom is -0.497 e. The Hall–Kier alpha value is -1.60. The fourth-order valence-corrected chi connectivity index (χ4v) is 2.74. The predicted octanol–water partition coefficient (Wildman–Crippen LogP) is 3.48. The van der Waals surface area contributed by atoms with Gasteiger partial charge in [0.1, 0.15) is 5.75 Å². The fourth-order valence-electron chi connectivity index (χ4n) is 1.82. The summed E-state index contributed by atoms with van der Waals surface area (Å²) < 4.78 is 42.8. The maximum absolute atomic E-state index is 12.6. The average Bonchev–Trinajstić information content (AvgIpc) is 2.90. The van der Waals surface area contributed by atoms with Crippen molar-refractivity contribution in [2.24, 2.45) is 0 Å². The molecule has 20 heavy (non-hydrogen) atoms. The van der Waals surface area contributed by atoms with E-state index in [1.807, 2.05) is 12.1 Å². The Labute approximate surface area is 118 Å². The first-order chi connectivity index (χ1) is 9.45. The summed E-state index contributed by atoms with van der Waals surface area (Å²) in [7, 11) is 3.26. The summed E-state index contributed by atoms with van der Waals surface area (Å²) in [6, 6.07) is 6.84. The van der Waals surface area contributed by atoms with Crippen LogP contribution in [0.3, 0.4) is 0 Å². The fraction of sp³-hybridized carbons (Fsp3) is 0.308. The Kier molecular flexibility index (Phi) is 4.29. The van der Waals surface area contributed by atoms with E-state index >= 15 is 0 Å². The second-order valence-electron chi connectivity index (χ2n) is 4.06. The van der Waals surface area contributed by atoms with Crippen molar-refractivity contribution >= 4 is 11.3 Å². The van der Waals surface area contributed by atoms with Crippen molar-refractivity contribution in [2.75, 3.05) is 14.2 Å². The van der Waals surface area contributed by atoms with E-state index in [0.717, 1.165) is 5.56 Å². The second-order valence-corrected chi connectivity index (χ2v) is 5.12. The van der Waals surface area contributed by atoms with Crippen LogP contribution in [0.2, 0.25) is 0 Å². The highest BCUT2D eigenvalue weighted by atomic mass is 32.1. The molecule has 2 rings (SSSR count). The Morgan fingerprint density at radius 1 is 1.25 bits per heavy atom. The molecule has 0 radical (unpaired) electrons. The lowest BCUT2D eigenvalue weighted by atomic mass is 10.1. The molecule has 1 unspecified atom stereocenters. The minimum absolute atomic E-state index is 0.325. The molecule has 1 heterocycles. The van der Waals surface area contributed by atoms with Crippen LogP contribution in [-0.4, -0.2) is 19.1 Å². The Morgan fingerprint density at radius 3 is 2.35 bits per heavy atom. The van der Waals surface area contributed by atoms with Crippen molar-refractivity contribution in [3.05, 3.63) is 45.9 Å². The predicted molar refractivity (Wildman–Crippen MR) is 71.0 cm³/mol. The summed E-state index contributed by atoms with van der Waals surface area (Å²) >= 11 is 0.647. The maximum atomic E-state index is 12.6. The van der Waals surface area contributed by atoms with Crippen LogP contribution in [0, 0.1) is 0 Å². The molecule has 108 valence electrons. The van der Waals surface area contributed by atoms with Crippen LogP contribution in [0.4, 0.5) is 13.2 Å². The zero-order valence-electron chi connectivity index (χ0n) is 10.9. The summed E-state index contributed by atoms with van der Waals surface area (Å²) in [6.45, 7) is 0. The van der Waals surface area contributed by atoms with Crippen molar-refractivity contribution in [2.45, 2.75) is 12.2 Å². The molecule has 0 saturated carbocycles. The highest BCUT2D eigenvalue weighted by Crippen LogP contribution is 2.36. The van der Waals surface area contributed by atoms with Crippen LogP contribution in [0.15, 0.2) is 30.5 Å². The molecule has 0 aliphatic heterocycles. The van der Waals surface area contributed by atoms with Gasteiger partial charge >= 0.3 is 6.18 Å². The van der Waals surface area contributed by atoms with Gasteiger partial charge < -0.3 is 10.1 Å². The molecule has 0 bridgehead atoms. The van der Waals surface area contributed by atoms with Crippen molar-refractivity contribution in [3.63, 3.8) is 0 Å². The van der Waals surface area contributed by atoms with E-state index in [2.05, 4.69) is 10.3 Å². The van der Waals surface area contributed by atoms with Gasteiger partial charge in [0.25, 0.3) is 0 Å². The number of halogens is 3. The first-order valence-corrected chi connectivity index (χ1v) is 6.61. The first-order valence-electron chi connectivity index (χ1n) is 5.80. The zero-order chi connectivity index (χ0) is 14.8. The van der Waals surface area contributed by atoms with Gasteiger partial charge in [0, 0.05) is 11.1 Å². The van der Waals surface area contributed by atoms with E-state index in [-0.39, 0.29) is 6.04 Å². The van der Waals surface area contributed by atoms with Gasteiger partial charge in [-0.3, -0.25) is 0 Å². The third-order valence-corrected chi connectivity index (χ3v) is 3.90. The van der Waals surface area contributed by atoms with Crippen LogP contribution in [0.5, 0.6) is 5.75 Å². The number of benzene rings is 1. The lowest BCUT2D eigenvalue weighted by Crippen LogP contribution is -2.16. The Morgan fingerprint density at radius 2 is 1.90 bits per heavy atom. The van der Waals surface area contributed by atoms with Gasteiger partial charge in [-0.2, -0.15) is 13.2 Å². The third kappa shape index (κ3) is 3.10. The molecular weight excluding hydrogens is 289 g/mol. The lowest BCUT2D eigenvalue weighted by molar-refractivity contribution is -0.137. The van der Waals surface area contributed by atoms with E-state index in [4.69, 9.17) is 4.74 Å². The van der Waals surface area contributed by atoms with Gasteiger partial charge in [-0.25, -0.2) is 4.98 Å². The summed E-state index contributed by atoms with van der Waals surface area (Å²) in [5, 5.41) is 2.17. The monoisotopic (exact) mass is 302 g/mol. The molecule has 0 saturated heterocycles. The number of hydrogen-bond acceptors (Lipinski definition) is 4. The summed E-state index contributed by atoms with van der Waals surface area (Å²) in [4.78, 5) is 3.96. The normalized spacial score (nSPS) is 13.2. The Balaban J connectivity index is 2.29. The molecule has 0 fully saturated rings. The molecule has 0 aliphatic carbocycles. The number of nitrogens with zero attached hydrogens (tertiary/aromatic N) is 1. The van der Waals surface area contributed by atoms with Crippen molar-refractivity contribution in [3.8, 4) is 5.75 Å². The van der Waals surface area contributed by atoms with E-state index < -0.39 is 11.2 Å². The van der Waals surface area contributed by atoms with E-state index in [0.29, 0.717) is 22.0 Å². The van der Waals surface area contributed by atoms with Crippen LogP contribution < -0.4 is 10.1 Å². The van der Waals surface area contributed by atoms with Crippen LogP contribution in [0.1, 0.15) is 21.5 Å². The molecule has 1 aromatic carbocycles. The standard InChI is InChI=1S/C13H13F3N2OS/c1-17-11(8-3-5-9(19-2)6-4-8)10-7-18-12(20-10)13(14,15)16/h3-7,11,17H,1-2H3. The molecule has 1 N–H and O–H groups in total. The highest BCUT2D eigenvalue weighted by Gasteiger charge is 2.35. The molecule has 0 spiro atoms. The topological polar surface area (TPSA) is 34.1 Å². The molecule has 0 amide bonds. The molecule has 2 aromatic rings. The SMILES string of the molecule is CNC(c1ccc(OC)cc1)c1cnc(C(F)(F)F)s1. The Bertz CT molecular complexity index is 566. The van der Waals surface area contributed by atoms with Crippen LogP contribution in [0.25, 0.3) is 0 Å². The largest absolute Gasteiger partial charge is 0.497 e. The first kappa shape index (κ1) is 14.8. The van der Waals surface area contributed by atoms with Gasteiger partial charge in [0.2, 0.25) is 0 Å². The average molecular weight is 302 g/mol. The summed E-state index contributed by atoms with van der Waals surface area (Å²) in [5.74, 6) is 0.698. The van der Waals surface area contributed by atoms with E-state index in [9.17, 15) is 13.2 Å². The molecule has 1 atom stereocenters. The highest BCUT2D eigenvalue weighted by molar-refractivity contribution is 7.11. The number of hydrogen-bond donors (Lipinski definition) is 1. The van der Waals surface area contributed by atoms with Crippen molar-refractivity contribution in [1.82, 2.24) is 10.3 Å². The quantitative estimate of drug-likeness (QED) is 0.939. The van der Waals surface area contributed by atoms with Gasteiger partial charge in [-0.1, -0.05) is 12.1 Å². The van der Waals surface area contributed by atoms with Crippen molar-refractivity contribution < 1.29 is 17.9 Å². The molecular formula is C13H13F3N2OS. The molecule has 3 nitrogen and oxygen atoms in total. The second kappa shape index (κ2) is 5.80. The lowest BCUT2D eigenvalue weighted by Gasteiger charge is -2.15. The number of ether oxygens (including phenoxy) is 1. The number of alkyl halides is 3. The maximum Gasteiger partial charge on any atom is 0.443 e. The van der Waals surface area contributed by atoms with Crippen molar-refractivity contribution in [1.29, 1.82) is 0 Å². The number of methoxy groups -OCH3 is 1. The summed E-state index contributed by atoms with van der Waals surface area (Å²) in [5.41, 5.74) is 0.852. The van der Waals surface area contributed by atoms with Crippen LogP contribution >= 0.6 is 11.3 Å². The minimum atomic E-state index is -4.40. The number of thiazole rings is 1. The molecule has 7 heteroatoms. The van der Waals surface area contributed by atoms with Gasteiger partial charge in [-0.05, 0) is 24.7 Å². The van der Waals surface area contributed by atoms with E-state index in [1.165, 1.54) is 6.20 Å². The molecule has 0 aliphatic rings. The number of rotatable bonds is 4. The van der Waals surface area contributed by atoms with Gasteiger partial charge in [0.15, 0.2) is 5.01 Å². The molecule has 1 aromatic heterocycles. The third-order valence-electron chi connectivity index (χ3n) is 2.79.